The van der Waals surface area contributed by atoms with Crippen molar-refractivity contribution in [2.75, 3.05) is 0 Å². The van der Waals surface area contributed by atoms with E-state index in [1.165, 1.54) is 18.6 Å². The highest BCUT2D eigenvalue weighted by molar-refractivity contribution is 5.35. The minimum Gasteiger partial charge on any atom is -0.435 e. The van der Waals surface area contributed by atoms with Crippen LogP contribution in [0.15, 0.2) is 24.3 Å². The Bertz CT molecular complexity index is 298. The first kappa shape index (κ1) is 9.53. The molecule has 0 aliphatic heterocycles. The number of alkyl halides is 2. The molecule has 3 heteroatoms. The molecular weight excluding hydrogens is 174 g/mol. The van der Waals surface area contributed by atoms with Crippen molar-refractivity contribution in [1.82, 2.24) is 0 Å². The minimum atomic E-state index is -2.79. The summed E-state index contributed by atoms with van der Waals surface area (Å²) in [5, 5.41) is 0. The molecule has 0 aliphatic carbocycles. The molecule has 0 fully saturated rings. The highest BCUT2D eigenvalue weighted by Crippen LogP contribution is 2.15. The number of hydrogen-bond acceptors (Lipinski definition) is 1. The number of benzene rings is 1. The molecule has 0 heterocycles. The summed E-state index contributed by atoms with van der Waals surface area (Å²) in [6.45, 7) is -2.79. The highest BCUT2D eigenvalue weighted by Gasteiger charge is 2.02. The fourth-order valence-corrected chi connectivity index (χ4v) is 0.842. The van der Waals surface area contributed by atoms with Crippen LogP contribution >= 0.6 is 0 Å². The van der Waals surface area contributed by atoms with Crippen LogP contribution in [0.3, 0.4) is 0 Å². The first-order chi connectivity index (χ1) is 6.22. The molecule has 1 rings (SSSR count). The second kappa shape index (κ2) is 4.46. The van der Waals surface area contributed by atoms with Crippen molar-refractivity contribution in [2.45, 2.75) is 6.61 Å². The topological polar surface area (TPSA) is 9.23 Å². The zero-order chi connectivity index (χ0) is 9.68. The Labute approximate surface area is 75.3 Å². The van der Waals surface area contributed by atoms with Crippen LogP contribution < -0.4 is 4.74 Å². The molecule has 0 atom stereocenters. The summed E-state index contributed by atoms with van der Waals surface area (Å²) in [6, 6.07) is 6.10. The normalized spacial score (nSPS) is 9.69. The number of rotatable bonds is 3. The van der Waals surface area contributed by atoms with E-state index in [1.54, 1.807) is 12.1 Å². The Balaban J connectivity index is 2.65. The maximum Gasteiger partial charge on any atom is 0.387 e. The standard InChI is InChI=1S/C10H7F2O/c1-2-3-8-4-6-9(7-5-8)13-10(11)12/h1,3-7,10H. The molecular formula is C10H7F2O. The zero-order valence-corrected chi connectivity index (χ0v) is 6.71. The summed E-state index contributed by atoms with van der Waals surface area (Å²) in [5.74, 6) is 2.46. The lowest BCUT2D eigenvalue weighted by atomic mass is 10.1. The van der Waals surface area contributed by atoms with E-state index in [-0.39, 0.29) is 5.75 Å². The van der Waals surface area contributed by atoms with Crippen molar-refractivity contribution in [2.24, 2.45) is 0 Å². The average molecular weight is 181 g/mol. The van der Waals surface area contributed by atoms with Crippen LogP contribution in [-0.2, 0) is 0 Å². The van der Waals surface area contributed by atoms with Crippen molar-refractivity contribution in [3.8, 4) is 18.1 Å². The van der Waals surface area contributed by atoms with Gasteiger partial charge in [-0.15, -0.1) is 6.42 Å². The van der Waals surface area contributed by atoms with Crippen LogP contribution in [0.4, 0.5) is 8.78 Å². The number of halogens is 2. The van der Waals surface area contributed by atoms with Crippen LogP contribution in [-0.4, -0.2) is 6.61 Å². The molecule has 0 spiro atoms. The summed E-state index contributed by atoms with van der Waals surface area (Å²) in [7, 11) is 0. The van der Waals surface area contributed by atoms with Crippen molar-refractivity contribution in [1.29, 1.82) is 0 Å². The van der Waals surface area contributed by atoms with E-state index in [1.807, 2.05) is 0 Å². The number of terminal acetylenes is 1. The molecule has 67 valence electrons. The lowest BCUT2D eigenvalue weighted by molar-refractivity contribution is -0.0498. The Kier molecular flexibility index (Phi) is 3.27. The quantitative estimate of drug-likeness (QED) is 0.651. The van der Waals surface area contributed by atoms with Gasteiger partial charge in [-0.25, -0.2) is 0 Å². The molecule has 0 unspecified atom stereocenters. The van der Waals surface area contributed by atoms with Crippen molar-refractivity contribution in [3.05, 3.63) is 36.2 Å². The third kappa shape index (κ3) is 3.12. The van der Waals surface area contributed by atoms with E-state index in [4.69, 9.17) is 6.42 Å². The smallest absolute Gasteiger partial charge is 0.387 e. The first-order valence-corrected chi connectivity index (χ1v) is 3.56. The van der Waals surface area contributed by atoms with Crippen LogP contribution in [0.5, 0.6) is 5.75 Å². The van der Waals surface area contributed by atoms with Gasteiger partial charge in [-0.2, -0.15) is 8.78 Å². The average Bonchev–Trinajstić information content (AvgIpc) is 2.08. The molecule has 1 radical (unpaired) electrons. The molecule has 0 saturated carbocycles. The van der Waals surface area contributed by atoms with E-state index < -0.39 is 6.61 Å². The van der Waals surface area contributed by atoms with Gasteiger partial charge in [0.2, 0.25) is 0 Å². The minimum absolute atomic E-state index is 0.129. The van der Waals surface area contributed by atoms with E-state index in [9.17, 15) is 8.78 Å². The fourth-order valence-electron chi connectivity index (χ4n) is 0.842. The van der Waals surface area contributed by atoms with Crippen LogP contribution in [0.25, 0.3) is 0 Å². The molecule has 0 N–H and O–H groups in total. The lowest BCUT2D eigenvalue weighted by Gasteiger charge is -2.03. The summed E-state index contributed by atoms with van der Waals surface area (Å²) in [5.41, 5.74) is 0.782. The predicted molar refractivity (Wildman–Crippen MR) is 45.3 cm³/mol. The SMILES string of the molecule is C#C[CH]c1ccc(OC(F)F)cc1. The Morgan fingerprint density at radius 3 is 2.38 bits per heavy atom. The van der Waals surface area contributed by atoms with Gasteiger partial charge < -0.3 is 4.74 Å². The van der Waals surface area contributed by atoms with Crippen molar-refractivity contribution < 1.29 is 13.5 Å². The van der Waals surface area contributed by atoms with Gasteiger partial charge in [0.1, 0.15) is 5.75 Å². The summed E-state index contributed by atoms with van der Waals surface area (Å²) < 4.78 is 27.6. The third-order valence-electron chi connectivity index (χ3n) is 1.36. The molecule has 0 bridgehead atoms. The lowest BCUT2D eigenvalue weighted by Crippen LogP contribution is -2.01. The Morgan fingerprint density at radius 1 is 1.31 bits per heavy atom. The third-order valence-corrected chi connectivity index (χ3v) is 1.36. The van der Waals surface area contributed by atoms with E-state index >= 15 is 0 Å². The Morgan fingerprint density at radius 2 is 1.92 bits per heavy atom. The number of hydrogen-bond donors (Lipinski definition) is 0. The van der Waals surface area contributed by atoms with Crippen molar-refractivity contribution in [3.63, 3.8) is 0 Å². The summed E-state index contributed by atoms with van der Waals surface area (Å²) >= 11 is 0. The molecule has 1 nitrogen and oxygen atoms in total. The van der Waals surface area contributed by atoms with Gasteiger partial charge >= 0.3 is 6.61 Å². The van der Waals surface area contributed by atoms with Gasteiger partial charge in [-0.05, 0) is 17.7 Å². The highest BCUT2D eigenvalue weighted by atomic mass is 19.3. The van der Waals surface area contributed by atoms with Crippen molar-refractivity contribution >= 4 is 0 Å². The van der Waals surface area contributed by atoms with Gasteiger partial charge in [0.15, 0.2) is 0 Å². The summed E-state index contributed by atoms with van der Waals surface area (Å²) in [4.78, 5) is 0. The number of ether oxygens (including phenoxy) is 1. The van der Waals surface area contributed by atoms with E-state index in [0.717, 1.165) is 5.56 Å². The zero-order valence-electron chi connectivity index (χ0n) is 6.71. The molecule has 0 aromatic heterocycles. The van der Waals surface area contributed by atoms with E-state index in [2.05, 4.69) is 10.7 Å². The first-order valence-electron chi connectivity index (χ1n) is 3.56. The van der Waals surface area contributed by atoms with Crippen LogP contribution in [0.1, 0.15) is 5.56 Å². The maximum absolute atomic E-state index is 11.7. The monoisotopic (exact) mass is 181 g/mol. The molecule has 1 aromatic rings. The van der Waals surface area contributed by atoms with Crippen LogP contribution in [0.2, 0.25) is 0 Å². The fraction of sp³-hybridized carbons (Fsp3) is 0.100. The molecule has 1 aromatic carbocycles. The Hall–Kier alpha value is -1.56. The molecule has 0 amide bonds. The van der Waals surface area contributed by atoms with Crippen LogP contribution in [0, 0.1) is 18.8 Å². The largest absolute Gasteiger partial charge is 0.435 e. The van der Waals surface area contributed by atoms with Gasteiger partial charge in [0, 0.05) is 0 Å². The molecule has 13 heavy (non-hydrogen) atoms. The second-order valence-corrected chi connectivity index (χ2v) is 2.26. The molecule has 0 saturated heterocycles. The maximum atomic E-state index is 11.7. The predicted octanol–water partition coefficient (Wildman–Crippen LogP) is 2.47. The van der Waals surface area contributed by atoms with E-state index in [0.29, 0.717) is 0 Å². The van der Waals surface area contributed by atoms with Gasteiger partial charge in [0.25, 0.3) is 0 Å². The van der Waals surface area contributed by atoms with Gasteiger partial charge in [-0.3, -0.25) is 0 Å². The van der Waals surface area contributed by atoms with Gasteiger partial charge in [-0.1, -0.05) is 18.1 Å². The second-order valence-electron chi connectivity index (χ2n) is 2.26. The summed E-state index contributed by atoms with van der Waals surface area (Å²) in [6.07, 6.45) is 6.56. The van der Waals surface area contributed by atoms with Gasteiger partial charge in [0.05, 0.1) is 6.42 Å². The molecule has 0 aliphatic rings.